The Bertz CT molecular complexity index is 492. The Morgan fingerprint density at radius 1 is 1.06 bits per heavy atom. The van der Waals surface area contributed by atoms with Crippen molar-refractivity contribution in [2.45, 2.75) is 30.6 Å². The van der Waals surface area contributed by atoms with E-state index in [1.54, 1.807) is 0 Å². The number of nitro groups is 1. The van der Waals surface area contributed by atoms with Gasteiger partial charge in [-0.2, -0.15) is 0 Å². The third-order valence-corrected chi connectivity index (χ3v) is 3.84. The summed E-state index contributed by atoms with van der Waals surface area (Å²) in [5.41, 5.74) is 1.53. The smallest absolute Gasteiger partial charge is 0.318 e. The predicted octanol–water partition coefficient (Wildman–Crippen LogP) is 2.53. The van der Waals surface area contributed by atoms with Gasteiger partial charge in [-0.1, -0.05) is 0 Å². The lowest BCUT2D eigenvalue weighted by molar-refractivity contribution is -0.386. The molecule has 1 aromatic rings. The lowest BCUT2D eigenvalue weighted by Gasteiger charge is -2.25. The summed E-state index contributed by atoms with van der Waals surface area (Å²) in [5.74, 6) is 0.987. The minimum Gasteiger partial charge on any atom is -0.492 e. The average Bonchev–Trinajstić information content (AvgIpc) is 2.39. The minimum absolute atomic E-state index is 0.0807. The van der Waals surface area contributed by atoms with Crippen molar-refractivity contribution in [1.29, 1.82) is 0 Å². The summed E-state index contributed by atoms with van der Waals surface area (Å²) in [5, 5.41) is 11.3. The summed E-state index contributed by atoms with van der Waals surface area (Å²) < 4.78 is 11.1. The van der Waals surface area contributed by atoms with Gasteiger partial charge in [-0.05, 0) is 25.7 Å². The Labute approximate surface area is 110 Å². The Balaban J connectivity index is 2.31. The van der Waals surface area contributed by atoms with Crippen LogP contribution in [0.3, 0.4) is 0 Å². The van der Waals surface area contributed by atoms with Crippen molar-refractivity contribution in [3.05, 3.63) is 21.2 Å². The second kappa shape index (κ2) is 4.35. The molecule has 0 fully saturated rings. The molecule has 2 aliphatic rings. The first-order chi connectivity index (χ1) is 8.70. The number of ether oxygens (including phenoxy) is 2. The van der Waals surface area contributed by atoms with Crippen LogP contribution in [0.2, 0.25) is 0 Å². The van der Waals surface area contributed by atoms with Crippen molar-refractivity contribution in [2.24, 2.45) is 0 Å². The molecule has 5 nitrogen and oxygen atoms in total. The van der Waals surface area contributed by atoms with Crippen LogP contribution in [0.5, 0.6) is 11.5 Å². The zero-order chi connectivity index (χ0) is 12.7. The van der Waals surface area contributed by atoms with E-state index in [-0.39, 0.29) is 10.6 Å². The molecular weight excluding hydrogens is 254 g/mol. The molecule has 0 spiro atoms. The second-order valence-electron chi connectivity index (χ2n) is 4.47. The van der Waals surface area contributed by atoms with Gasteiger partial charge in [0.05, 0.1) is 28.6 Å². The molecule has 2 heterocycles. The summed E-state index contributed by atoms with van der Waals surface area (Å²) in [6.07, 6.45) is 3.05. The quantitative estimate of drug-likeness (QED) is 0.482. The normalized spacial score (nSPS) is 17.2. The summed E-state index contributed by atoms with van der Waals surface area (Å²) in [4.78, 5) is 11.7. The van der Waals surface area contributed by atoms with Crippen LogP contribution in [0, 0.1) is 10.1 Å². The first-order valence-electron chi connectivity index (χ1n) is 6.01. The molecule has 0 amide bonds. The summed E-state index contributed by atoms with van der Waals surface area (Å²) in [6.45, 7) is 1.12. The fourth-order valence-electron chi connectivity index (χ4n) is 2.59. The molecule has 0 saturated heterocycles. The van der Waals surface area contributed by atoms with Gasteiger partial charge in [0.15, 0.2) is 0 Å². The SMILES string of the molecule is O=[N+]([O-])c1c2c(c(S)c3c1OCCC3)OCCC2. The summed E-state index contributed by atoms with van der Waals surface area (Å²) >= 11 is 4.47. The molecule has 96 valence electrons. The highest BCUT2D eigenvalue weighted by Crippen LogP contribution is 2.48. The van der Waals surface area contributed by atoms with Crippen molar-refractivity contribution in [2.75, 3.05) is 13.2 Å². The van der Waals surface area contributed by atoms with Gasteiger partial charge in [0.2, 0.25) is 5.75 Å². The highest BCUT2D eigenvalue weighted by molar-refractivity contribution is 7.80. The van der Waals surface area contributed by atoms with Gasteiger partial charge in [0.1, 0.15) is 5.75 Å². The van der Waals surface area contributed by atoms with Gasteiger partial charge >= 0.3 is 5.69 Å². The van der Waals surface area contributed by atoms with Crippen molar-refractivity contribution >= 4 is 18.3 Å². The molecule has 0 N–H and O–H groups in total. The average molecular weight is 267 g/mol. The van der Waals surface area contributed by atoms with Crippen molar-refractivity contribution in [3.63, 3.8) is 0 Å². The third kappa shape index (κ3) is 1.63. The monoisotopic (exact) mass is 267 g/mol. The fraction of sp³-hybridized carbons (Fsp3) is 0.500. The maximum Gasteiger partial charge on any atom is 0.318 e. The molecule has 0 saturated carbocycles. The Kier molecular flexibility index (Phi) is 2.81. The van der Waals surface area contributed by atoms with Gasteiger partial charge in [0, 0.05) is 5.56 Å². The van der Waals surface area contributed by atoms with Crippen molar-refractivity contribution in [3.8, 4) is 11.5 Å². The van der Waals surface area contributed by atoms with Crippen molar-refractivity contribution < 1.29 is 14.4 Å². The largest absolute Gasteiger partial charge is 0.492 e. The molecule has 0 aliphatic carbocycles. The van der Waals surface area contributed by atoms with Gasteiger partial charge in [-0.25, -0.2) is 0 Å². The minimum atomic E-state index is -0.356. The van der Waals surface area contributed by atoms with E-state index in [4.69, 9.17) is 9.47 Å². The lowest BCUT2D eigenvalue weighted by Crippen LogP contribution is -2.17. The number of nitro benzene ring substituents is 1. The van der Waals surface area contributed by atoms with Crippen LogP contribution in [0.25, 0.3) is 0 Å². The maximum atomic E-state index is 11.3. The zero-order valence-corrected chi connectivity index (χ0v) is 10.7. The van der Waals surface area contributed by atoms with E-state index in [0.717, 1.165) is 24.8 Å². The number of rotatable bonds is 1. The highest BCUT2D eigenvalue weighted by Gasteiger charge is 2.34. The van der Waals surface area contributed by atoms with Crippen LogP contribution in [0.15, 0.2) is 4.90 Å². The van der Waals surface area contributed by atoms with Crippen LogP contribution in [-0.4, -0.2) is 18.1 Å². The molecule has 18 heavy (non-hydrogen) atoms. The van der Waals surface area contributed by atoms with Crippen LogP contribution in [-0.2, 0) is 12.8 Å². The van der Waals surface area contributed by atoms with E-state index >= 15 is 0 Å². The Morgan fingerprint density at radius 2 is 1.67 bits per heavy atom. The first-order valence-corrected chi connectivity index (χ1v) is 6.45. The Hall–Kier alpha value is -1.43. The molecule has 0 atom stereocenters. The lowest BCUT2D eigenvalue weighted by atomic mass is 9.96. The number of hydrogen-bond acceptors (Lipinski definition) is 5. The van der Waals surface area contributed by atoms with E-state index in [0.29, 0.717) is 41.6 Å². The number of nitrogens with zero attached hydrogens (tertiary/aromatic N) is 1. The topological polar surface area (TPSA) is 61.6 Å². The molecule has 0 radical (unpaired) electrons. The number of hydrogen-bond donors (Lipinski definition) is 1. The number of thiol groups is 1. The van der Waals surface area contributed by atoms with E-state index in [9.17, 15) is 10.1 Å². The molecule has 0 unspecified atom stereocenters. The van der Waals surface area contributed by atoms with Crippen LogP contribution >= 0.6 is 12.6 Å². The van der Waals surface area contributed by atoms with E-state index < -0.39 is 0 Å². The number of benzene rings is 1. The van der Waals surface area contributed by atoms with Crippen LogP contribution in [0.4, 0.5) is 5.69 Å². The molecule has 0 aromatic heterocycles. The fourth-order valence-corrected chi connectivity index (χ4v) is 3.00. The summed E-state index contributed by atoms with van der Waals surface area (Å²) in [7, 11) is 0. The highest BCUT2D eigenvalue weighted by atomic mass is 32.1. The van der Waals surface area contributed by atoms with Gasteiger partial charge in [-0.3, -0.25) is 10.1 Å². The third-order valence-electron chi connectivity index (χ3n) is 3.37. The van der Waals surface area contributed by atoms with E-state index in [2.05, 4.69) is 12.6 Å². The standard InChI is InChI=1S/C12H13NO4S/c14-13(15)9-7-3-1-6-17-11(7)12(18)8-4-2-5-16-10(8)9/h18H,1-6H2. The molecule has 3 rings (SSSR count). The zero-order valence-electron chi connectivity index (χ0n) is 9.77. The van der Waals surface area contributed by atoms with Crippen LogP contribution in [0.1, 0.15) is 24.0 Å². The summed E-state index contributed by atoms with van der Waals surface area (Å²) in [6, 6.07) is 0. The number of fused-ring (bicyclic) bond motifs is 2. The maximum absolute atomic E-state index is 11.3. The molecule has 6 heteroatoms. The molecule has 1 aromatic carbocycles. The first kappa shape index (κ1) is 11.6. The molecular formula is C12H13NO4S. The second-order valence-corrected chi connectivity index (χ2v) is 4.92. The Morgan fingerprint density at radius 3 is 2.33 bits per heavy atom. The van der Waals surface area contributed by atoms with Crippen molar-refractivity contribution in [1.82, 2.24) is 0 Å². The van der Waals surface area contributed by atoms with Gasteiger partial charge < -0.3 is 9.47 Å². The molecule has 2 aliphatic heterocycles. The van der Waals surface area contributed by atoms with Crippen LogP contribution < -0.4 is 9.47 Å². The molecule has 0 bridgehead atoms. The predicted molar refractivity (Wildman–Crippen MR) is 68.0 cm³/mol. The van der Waals surface area contributed by atoms with Gasteiger partial charge in [-0.15, -0.1) is 12.6 Å². The van der Waals surface area contributed by atoms with Gasteiger partial charge in [0.25, 0.3) is 0 Å². The van der Waals surface area contributed by atoms with E-state index in [1.807, 2.05) is 0 Å². The van der Waals surface area contributed by atoms with E-state index in [1.165, 1.54) is 0 Å².